The summed E-state index contributed by atoms with van der Waals surface area (Å²) in [6.45, 7) is 0. The number of carbonyl (C=O) groups excluding carboxylic acids is 1. The fraction of sp³-hybridized carbons (Fsp3) is 0.462. The Labute approximate surface area is 110 Å². The van der Waals surface area contributed by atoms with E-state index in [1.54, 1.807) is 7.11 Å². The van der Waals surface area contributed by atoms with Crippen LogP contribution in [0.4, 0.5) is 0 Å². The second-order valence-corrected chi connectivity index (χ2v) is 4.52. The first-order valence-electron chi connectivity index (χ1n) is 6.15. The molecule has 1 amide bonds. The zero-order chi connectivity index (χ0) is 13.8. The SMILES string of the molecule is COC1CCCC1NC(=O)c1ccnc(C(=O)O)c1. The van der Waals surface area contributed by atoms with E-state index in [1.807, 2.05) is 0 Å². The molecule has 1 aromatic heterocycles. The van der Waals surface area contributed by atoms with Crippen molar-refractivity contribution < 1.29 is 19.4 Å². The van der Waals surface area contributed by atoms with E-state index in [-0.39, 0.29) is 23.7 Å². The lowest BCUT2D eigenvalue weighted by molar-refractivity contribution is 0.0690. The molecule has 6 heteroatoms. The van der Waals surface area contributed by atoms with Gasteiger partial charge in [0.2, 0.25) is 0 Å². The molecule has 19 heavy (non-hydrogen) atoms. The molecule has 2 N–H and O–H groups in total. The van der Waals surface area contributed by atoms with Crippen LogP contribution in [0, 0.1) is 0 Å². The van der Waals surface area contributed by atoms with E-state index in [9.17, 15) is 9.59 Å². The number of hydrogen-bond acceptors (Lipinski definition) is 4. The van der Waals surface area contributed by atoms with Gasteiger partial charge >= 0.3 is 5.97 Å². The van der Waals surface area contributed by atoms with E-state index in [0.717, 1.165) is 19.3 Å². The van der Waals surface area contributed by atoms with Gasteiger partial charge in [-0.05, 0) is 31.4 Å². The number of ether oxygens (including phenoxy) is 1. The number of carboxylic acid groups (broad SMARTS) is 1. The number of methoxy groups -OCH3 is 1. The van der Waals surface area contributed by atoms with Gasteiger partial charge in [-0.3, -0.25) is 4.79 Å². The minimum atomic E-state index is -1.15. The first kappa shape index (κ1) is 13.5. The normalized spacial score (nSPS) is 22.2. The van der Waals surface area contributed by atoms with Crippen LogP contribution >= 0.6 is 0 Å². The fourth-order valence-electron chi connectivity index (χ4n) is 2.31. The van der Waals surface area contributed by atoms with E-state index in [4.69, 9.17) is 9.84 Å². The molecule has 1 aliphatic carbocycles. The molecule has 1 aromatic rings. The number of amides is 1. The maximum Gasteiger partial charge on any atom is 0.354 e. The van der Waals surface area contributed by atoms with Gasteiger partial charge in [-0.15, -0.1) is 0 Å². The Kier molecular flexibility index (Phi) is 4.11. The number of aromatic carboxylic acids is 1. The van der Waals surface area contributed by atoms with Crippen LogP contribution in [-0.4, -0.2) is 41.2 Å². The topological polar surface area (TPSA) is 88.5 Å². The summed E-state index contributed by atoms with van der Waals surface area (Å²) < 4.78 is 5.30. The summed E-state index contributed by atoms with van der Waals surface area (Å²) >= 11 is 0. The summed E-state index contributed by atoms with van der Waals surface area (Å²) in [4.78, 5) is 26.5. The fourth-order valence-corrected chi connectivity index (χ4v) is 2.31. The third-order valence-corrected chi connectivity index (χ3v) is 3.31. The van der Waals surface area contributed by atoms with Gasteiger partial charge in [0.05, 0.1) is 12.1 Å². The minimum Gasteiger partial charge on any atom is -0.477 e. The molecular weight excluding hydrogens is 248 g/mol. The third-order valence-electron chi connectivity index (χ3n) is 3.31. The van der Waals surface area contributed by atoms with Crippen molar-refractivity contribution in [2.45, 2.75) is 31.4 Å². The van der Waals surface area contributed by atoms with Crippen molar-refractivity contribution >= 4 is 11.9 Å². The van der Waals surface area contributed by atoms with Crippen molar-refractivity contribution in [2.75, 3.05) is 7.11 Å². The zero-order valence-electron chi connectivity index (χ0n) is 10.6. The average Bonchev–Trinajstić information content (AvgIpc) is 2.86. The van der Waals surface area contributed by atoms with Gasteiger partial charge in [0.15, 0.2) is 0 Å². The van der Waals surface area contributed by atoms with Gasteiger partial charge in [0.25, 0.3) is 5.91 Å². The molecule has 1 fully saturated rings. The van der Waals surface area contributed by atoms with Crippen LogP contribution in [0.2, 0.25) is 0 Å². The Balaban J connectivity index is 2.07. The molecule has 0 spiro atoms. The molecule has 1 aliphatic rings. The van der Waals surface area contributed by atoms with Crippen LogP contribution in [0.1, 0.15) is 40.1 Å². The van der Waals surface area contributed by atoms with Crippen molar-refractivity contribution in [3.63, 3.8) is 0 Å². The highest BCUT2D eigenvalue weighted by molar-refractivity contribution is 5.96. The summed E-state index contributed by atoms with van der Waals surface area (Å²) in [6, 6.07) is 2.76. The molecule has 102 valence electrons. The standard InChI is InChI=1S/C13H16N2O4/c1-19-11-4-2-3-9(11)15-12(16)8-5-6-14-10(7-8)13(17)18/h5-7,9,11H,2-4H2,1H3,(H,15,16)(H,17,18). The largest absolute Gasteiger partial charge is 0.477 e. The molecule has 0 aliphatic heterocycles. The van der Waals surface area contributed by atoms with Crippen LogP contribution in [0.5, 0.6) is 0 Å². The maximum absolute atomic E-state index is 12.0. The number of carboxylic acids is 1. The van der Waals surface area contributed by atoms with E-state index >= 15 is 0 Å². The number of aromatic nitrogens is 1. The Morgan fingerprint density at radius 2 is 2.26 bits per heavy atom. The Hall–Kier alpha value is -1.95. The number of nitrogens with one attached hydrogen (secondary N) is 1. The monoisotopic (exact) mass is 264 g/mol. The second kappa shape index (κ2) is 5.79. The van der Waals surface area contributed by atoms with Crippen molar-refractivity contribution in [3.8, 4) is 0 Å². The number of nitrogens with zero attached hydrogens (tertiary/aromatic N) is 1. The highest BCUT2D eigenvalue weighted by Gasteiger charge is 2.28. The predicted octanol–water partition coefficient (Wildman–Crippen LogP) is 1.08. The molecule has 2 rings (SSSR count). The lowest BCUT2D eigenvalue weighted by atomic mass is 10.1. The van der Waals surface area contributed by atoms with E-state index in [2.05, 4.69) is 10.3 Å². The Bertz CT molecular complexity index is 489. The summed E-state index contributed by atoms with van der Waals surface area (Å²) in [6.07, 6.45) is 4.17. The molecule has 0 saturated heterocycles. The van der Waals surface area contributed by atoms with Gasteiger partial charge in [-0.2, -0.15) is 0 Å². The van der Waals surface area contributed by atoms with Crippen LogP contribution in [0.25, 0.3) is 0 Å². The second-order valence-electron chi connectivity index (χ2n) is 4.52. The summed E-state index contributed by atoms with van der Waals surface area (Å²) in [5.41, 5.74) is 0.163. The predicted molar refractivity (Wildman–Crippen MR) is 67.1 cm³/mol. The summed E-state index contributed by atoms with van der Waals surface area (Å²) in [5.74, 6) is -1.44. The molecule has 0 radical (unpaired) electrons. The Morgan fingerprint density at radius 1 is 1.47 bits per heavy atom. The summed E-state index contributed by atoms with van der Waals surface area (Å²) in [7, 11) is 1.63. The first-order valence-corrected chi connectivity index (χ1v) is 6.15. The highest BCUT2D eigenvalue weighted by atomic mass is 16.5. The number of pyridine rings is 1. The smallest absolute Gasteiger partial charge is 0.354 e. The van der Waals surface area contributed by atoms with Crippen molar-refractivity contribution in [1.29, 1.82) is 0 Å². The minimum absolute atomic E-state index is 0.0149. The van der Waals surface area contributed by atoms with Crippen LogP contribution in [-0.2, 0) is 4.74 Å². The molecule has 2 atom stereocenters. The average molecular weight is 264 g/mol. The number of rotatable bonds is 4. The quantitative estimate of drug-likeness (QED) is 0.849. The molecule has 0 bridgehead atoms. The van der Waals surface area contributed by atoms with E-state index in [1.165, 1.54) is 18.3 Å². The highest BCUT2D eigenvalue weighted by Crippen LogP contribution is 2.21. The van der Waals surface area contributed by atoms with Crippen molar-refractivity contribution in [3.05, 3.63) is 29.6 Å². The molecule has 1 heterocycles. The molecule has 1 saturated carbocycles. The van der Waals surface area contributed by atoms with Crippen LogP contribution < -0.4 is 5.32 Å². The number of carbonyl (C=O) groups is 2. The summed E-state index contributed by atoms with van der Waals surface area (Å²) in [5, 5.41) is 11.7. The zero-order valence-corrected chi connectivity index (χ0v) is 10.6. The van der Waals surface area contributed by atoms with Gasteiger partial charge in [-0.25, -0.2) is 9.78 Å². The van der Waals surface area contributed by atoms with E-state index < -0.39 is 5.97 Å². The lowest BCUT2D eigenvalue weighted by Gasteiger charge is -2.19. The molecule has 0 aromatic carbocycles. The van der Waals surface area contributed by atoms with Gasteiger partial charge in [0, 0.05) is 18.9 Å². The van der Waals surface area contributed by atoms with Gasteiger partial charge in [-0.1, -0.05) is 0 Å². The lowest BCUT2D eigenvalue weighted by Crippen LogP contribution is -2.40. The van der Waals surface area contributed by atoms with E-state index in [0.29, 0.717) is 5.56 Å². The number of hydrogen-bond donors (Lipinski definition) is 2. The van der Waals surface area contributed by atoms with Crippen molar-refractivity contribution in [1.82, 2.24) is 10.3 Å². The Morgan fingerprint density at radius 3 is 2.95 bits per heavy atom. The third kappa shape index (κ3) is 3.08. The molecule has 2 unspecified atom stereocenters. The van der Waals surface area contributed by atoms with Gasteiger partial charge < -0.3 is 15.2 Å². The molecular formula is C13H16N2O4. The van der Waals surface area contributed by atoms with Crippen LogP contribution in [0.3, 0.4) is 0 Å². The van der Waals surface area contributed by atoms with Crippen molar-refractivity contribution in [2.24, 2.45) is 0 Å². The molecule has 6 nitrogen and oxygen atoms in total. The van der Waals surface area contributed by atoms with Gasteiger partial charge in [0.1, 0.15) is 5.69 Å². The first-order chi connectivity index (χ1) is 9.11. The maximum atomic E-state index is 12.0. The van der Waals surface area contributed by atoms with Crippen LogP contribution in [0.15, 0.2) is 18.3 Å².